The third-order valence-corrected chi connectivity index (χ3v) is 4.86. The largest absolute Gasteiger partial charge is 0.417 e. The molecule has 3 aromatic rings. The van der Waals surface area contributed by atoms with E-state index in [1.807, 2.05) is 0 Å². The van der Waals surface area contributed by atoms with Crippen molar-refractivity contribution in [2.24, 2.45) is 4.99 Å². The molecular formula is C23H18F3N3O. The van der Waals surface area contributed by atoms with Crippen LogP contribution in [-0.2, 0) is 12.6 Å². The molecule has 0 atom stereocenters. The van der Waals surface area contributed by atoms with Gasteiger partial charge in [0.2, 0.25) is 0 Å². The number of hydrogen-bond donors (Lipinski definition) is 2. The molecule has 0 bridgehead atoms. The number of halogens is 3. The first-order valence-electron chi connectivity index (χ1n) is 9.31. The molecule has 2 N–H and O–H groups in total. The molecule has 0 aromatic heterocycles. The lowest BCUT2D eigenvalue weighted by molar-refractivity contribution is -0.137. The quantitative estimate of drug-likeness (QED) is 0.606. The van der Waals surface area contributed by atoms with Gasteiger partial charge in [0.25, 0.3) is 5.91 Å². The van der Waals surface area contributed by atoms with E-state index in [-0.39, 0.29) is 17.9 Å². The first-order valence-corrected chi connectivity index (χ1v) is 9.31. The average molecular weight is 409 g/mol. The maximum Gasteiger partial charge on any atom is 0.417 e. The average Bonchev–Trinajstić information content (AvgIpc) is 3.13. The van der Waals surface area contributed by atoms with Gasteiger partial charge in [-0.1, -0.05) is 36.4 Å². The zero-order valence-electron chi connectivity index (χ0n) is 16.0. The maximum absolute atomic E-state index is 13.7. The van der Waals surface area contributed by atoms with Crippen LogP contribution in [0, 0.1) is 0 Å². The second kappa shape index (κ2) is 7.67. The lowest BCUT2D eigenvalue weighted by atomic mass is 9.95. The van der Waals surface area contributed by atoms with Gasteiger partial charge in [-0.25, -0.2) is 4.99 Å². The molecule has 30 heavy (non-hydrogen) atoms. The third-order valence-electron chi connectivity index (χ3n) is 4.86. The van der Waals surface area contributed by atoms with Gasteiger partial charge in [-0.3, -0.25) is 4.79 Å². The van der Waals surface area contributed by atoms with E-state index in [1.54, 1.807) is 61.6 Å². The van der Waals surface area contributed by atoms with E-state index in [2.05, 4.69) is 15.6 Å². The molecule has 0 aliphatic carbocycles. The lowest BCUT2D eigenvalue weighted by Gasteiger charge is -2.15. The van der Waals surface area contributed by atoms with Gasteiger partial charge in [-0.15, -0.1) is 0 Å². The Morgan fingerprint density at radius 2 is 1.77 bits per heavy atom. The number of aliphatic imine (C=N–C) groups is 1. The number of rotatable bonds is 3. The summed E-state index contributed by atoms with van der Waals surface area (Å²) in [7, 11) is 1.54. The molecule has 0 unspecified atom stereocenters. The topological polar surface area (TPSA) is 53.5 Å². The van der Waals surface area contributed by atoms with Gasteiger partial charge in [0.15, 0.2) is 0 Å². The minimum atomic E-state index is -4.47. The Balaban J connectivity index is 1.67. The van der Waals surface area contributed by atoms with Crippen LogP contribution < -0.4 is 10.6 Å². The van der Waals surface area contributed by atoms with E-state index < -0.39 is 11.7 Å². The van der Waals surface area contributed by atoms with Gasteiger partial charge < -0.3 is 10.6 Å². The third kappa shape index (κ3) is 3.91. The monoisotopic (exact) mass is 409 g/mol. The fourth-order valence-corrected chi connectivity index (χ4v) is 3.46. The van der Waals surface area contributed by atoms with Gasteiger partial charge in [-0.05, 0) is 47.0 Å². The molecule has 0 saturated carbocycles. The summed E-state index contributed by atoms with van der Waals surface area (Å²) in [6.45, 7) is 0. The number of carbonyl (C=O) groups excluding carboxylic acids is 1. The molecule has 1 amide bonds. The number of anilines is 1. The Morgan fingerprint density at radius 1 is 1.00 bits per heavy atom. The van der Waals surface area contributed by atoms with E-state index in [9.17, 15) is 18.0 Å². The Morgan fingerprint density at radius 3 is 2.47 bits per heavy atom. The Kier molecular flexibility index (Phi) is 5.03. The molecule has 1 heterocycles. The highest BCUT2D eigenvalue weighted by Crippen LogP contribution is 2.42. The Bertz CT molecular complexity index is 1140. The van der Waals surface area contributed by atoms with Crippen molar-refractivity contribution in [3.63, 3.8) is 0 Å². The molecular weight excluding hydrogens is 391 g/mol. The first kappa shape index (κ1) is 19.7. The molecule has 0 fully saturated rings. The molecule has 152 valence electrons. The number of alkyl halides is 3. The van der Waals surface area contributed by atoms with Crippen LogP contribution in [-0.4, -0.2) is 18.8 Å². The van der Waals surface area contributed by atoms with Crippen molar-refractivity contribution in [2.45, 2.75) is 12.6 Å². The van der Waals surface area contributed by atoms with Crippen LogP contribution in [0.4, 0.5) is 24.5 Å². The minimum Gasteiger partial charge on any atom is -0.355 e. The molecule has 0 spiro atoms. The number of nitrogens with zero attached hydrogens (tertiary/aromatic N) is 1. The highest BCUT2D eigenvalue weighted by molar-refractivity contribution is 6.03. The van der Waals surface area contributed by atoms with Gasteiger partial charge in [0.1, 0.15) is 5.84 Å². The van der Waals surface area contributed by atoms with Crippen LogP contribution >= 0.6 is 0 Å². The molecule has 3 aromatic carbocycles. The van der Waals surface area contributed by atoms with Crippen LogP contribution in [0.1, 0.15) is 21.5 Å². The van der Waals surface area contributed by atoms with Crippen molar-refractivity contribution in [1.82, 2.24) is 5.32 Å². The zero-order valence-corrected chi connectivity index (χ0v) is 16.0. The van der Waals surface area contributed by atoms with Gasteiger partial charge >= 0.3 is 6.18 Å². The van der Waals surface area contributed by atoms with Crippen LogP contribution in [0.5, 0.6) is 0 Å². The summed E-state index contributed by atoms with van der Waals surface area (Å²) in [6.07, 6.45) is -4.23. The van der Waals surface area contributed by atoms with E-state index in [1.165, 1.54) is 12.1 Å². The number of amides is 1. The molecule has 4 rings (SSSR count). The number of amidine groups is 1. The highest BCUT2D eigenvalue weighted by atomic mass is 19.4. The van der Waals surface area contributed by atoms with Crippen molar-refractivity contribution in [3.8, 4) is 11.1 Å². The van der Waals surface area contributed by atoms with E-state index in [0.29, 0.717) is 33.9 Å². The summed E-state index contributed by atoms with van der Waals surface area (Å²) in [6, 6.07) is 18.0. The standard InChI is InChI=1S/C23H18F3N3O/c1-27-22(30)15-8-5-9-17(10-15)28-21-12-16-11-19(23(24,25)26)18(13-20(16)29-21)14-6-3-2-4-7-14/h2-11,13H,12H2,1H3,(H,27,30)(H,28,29). The van der Waals surface area contributed by atoms with Crippen LogP contribution in [0.25, 0.3) is 11.1 Å². The molecule has 0 saturated heterocycles. The fraction of sp³-hybridized carbons (Fsp3) is 0.130. The van der Waals surface area contributed by atoms with Gasteiger partial charge in [0, 0.05) is 24.7 Å². The van der Waals surface area contributed by atoms with Crippen LogP contribution in [0.15, 0.2) is 71.7 Å². The number of benzene rings is 3. The molecule has 1 aliphatic heterocycles. The lowest BCUT2D eigenvalue weighted by Crippen LogP contribution is -2.18. The molecule has 7 heteroatoms. The van der Waals surface area contributed by atoms with Crippen molar-refractivity contribution < 1.29 is 18.0 Å². The Labute approximate surface area is 171 Å². The summed E-state index contributed by atoms with van der Waals surface area (Å²) in [4.78, 5) is 16.3. The Hall–Kier alpha value is -3.61. The summed E-state index contributed by atoms with van der Waals surface area (Å²) in [5.41, 5.74) is 2.05. The van der Waals surface area contributed by atoms with Gasteiger partial charge in [-0.2, -0.15) is 13.2 Å². The van der Waals surface area contributed by atoms with Crippen LogP contribution in [0.2, 0.25) is 0 Å². The molecule has 4 nitrogen and oxygen atoms in total. The maximum atomic E-state index is 13.7. The number of hydrogen-bond acceptors (Lipinski definition) is 3. The minimum absolute atomic E-state index is 0.105. The first-order chi connectivity index (χ1) is 14.3. The number of fused-ring (bicyclic) bond motifs is 1. The summed E-state index contributed by atoms with van der Waals surface area (Å²) in [5.74, 6) is 0.301. The van der Waals surface area contributed by atoms with Crippen molar-refractivity contribution in [2.75, 3.05) is 12.4 Å². The van der Waals surface area contributed by atoms with E-state index in [4.69, 9.17) is 0 Å². The van der Waals surface area contributed by atoms with Crippen molar-refractivity contribution >= 4 is 23.1 Å². The van der Waals surface area contributed by atoms with E-state index in [0.717, 1.165) is 0 Å². The van der Waals surface area contributed by atoms with Crippen molar-refractivity contribution in [1.29, 1.82) is 0 Å². The van der Waals surface area contributed by atoms with Crippen LogP contribution in [0.3, 0.4) is 0 Å². The zero-order chi connectivity index (χ0) is 21.3. The fourth-order valence-electron chi connectivity index (χ4n) is 3.46. The smallest absolute Gasteiger partial charge is 0.355 e. The normalized spacial score (nSPS) is 12.9. The summed E-state index contributed by atoms with van der Waals surface area (Å²) >= 11 is 0. The van der Waals surface area contributed by atoms with Crippen molar-refractivity contribution in [3.05, 3.63) is 83.4 Å². The number of carbonyl (C=O) groups is 1. The highest BCUT2D eigenvalue weighted by Gasteiger charge is 2.35. The second-order valence-corrected chi connectivity index (χ2v) is 6.91. The SMILES string of the molecule is CNC(=O)c1cccc(NC2=Nc3cc(-c4ccccc4)c(C(F)(F)F)cc3C2)c1. The van der Waals surface area contributed by atoms with E-state index >= 15 is 0 Å². The molecule has 1 aliphatic rings. The van der Waals surface area contributed by atoms with Gasteiger partial charge in [0.05, 0.1) is 11.3 Å². The second-order valence-electron chi connectivity index (χ2n) is 6.91. The number of nitrogens with one attached hydrogen (secondary N) is 2. The summed E-state index contributed by atoms with van der Waals surface area (Å²) in [5, 5.41) is 5.67. The molecule has 0 radical (unpaired) electrons. The summed E-state index contributed by atoms with van der Waals surface area (Å²) < 4.78 is 41.1. The predicted molar refractivity (Wildman–Crippen MR) is 111 cm³/mol. The predicted octanol–water partition coefficient (Wildman–Crippen LogP) is 5.43.